The Kier molecular flexibility index (Phi) is 2.59. The molecule has 1 saturated heterocycles. The third kappa shape index (κ3) is 1.64. The highest BCUT2D eigenvalue weighted by atomic mass is 16.5. The van der Waals surface area contributed by atoms with Gasteiger partial charge < -0.3 is 9.30 Å². The second kappa shape index (κ2) is 4.36. The summed E-state index contributed by atoms with van der Waals surface area (Å²) in [4.78, 5) is 29.2. The fourth-order valence-electron chi connectivity index (χ4n) is 3.15. The summed E-state index contributed by atoms with van der Waals surface area (Å²) in [5, 5.41) is 0. The van der Waals surface area contributed by atoms with Gasteiger partial charge in [-0.25, -0.2) is 4.98 Å². The van der Waals surface area contributed by atoms with Gasteiger partial charge in [0.2, 0.25) is 5.78 Å². The molecule has 0 N–H and O–H groups in total. The van der Waals surface area contributed by atoms with Gasteiger partial charge in [-0.05, 0) is 12.8 Å². The van der Waals surface area contributed by atoms with Crippen molar-refractivity contribution in [3.8, 4) is 11.3 Å². The minimum Gasteiger partial charge on any atom is -0.370 e. The first-order valence-corrected chi connectivity index (χ1v) is 7.05. The molecule has 1 aromatic heterocycles. The molecule has 5 nitrogen and oxygen atoms in total. The molecule has 0 bridgehead atoms. The summed E-state index contributed by atoms with van der Waals surface area (Å²) >= 11 is 0. The van der Waals surface area contributed by atoms with Crippen molar-refractivity contribution in [2.24, 2.45) is 7.05 Å². The monoisotopic (exact) mass is 282 g/mol. The third-order valence-corrected chi connectivity index (χ3v) is 4.20. The number of rotatable bonds is 1. The summed E-state index contributed by atoms with van der Waals surface area (Å²) in [7, 11) is 1.78. The molecule has 1 atom stereocenters. The second-order valence-electron chi connectivity index (χ2n) is 5.43. The lowest BCUT2D eigenvalue weighted by molar-refractivity contribution is 0.0807. The van der Waals surface area contributed by atoms with Gasteiger partial charge >= 0.3 is 0 Å². The van der Waals surface area contributed by atoms with Gasteiger partial charge in [-0.1, -0.05) is 24.3 Å². The molecule has 0 radical (unpaired) electrons. The predicted molar refractivity (Wildman–Crippen MR) is 75.2 cm³/mol. The Balaban J connectivity index is 1.96. The van der Waals surface area contributed by atoms with Gasteiger partial charge in [0.15, 0.2) is 0 Å². The number of carbonyl (C=O) groups excluding carboxylic acids is 2. The maximum Gasteiger partial charge on any atom is 0.252 e. The number of hydrogen-bond acceptors (Lipinski definition) is 4. The molecule has 1 aromatic carbocycles. The summed E-state index contributed by atoms with van der Waals surface area (Å²) < 4.78 is 7.39. The van der Waals surface area contributed by atoms with Crippen LogP contribution in [0.3, 0.4) is 0 Å². The fraction of sp³-hybridized carbons (Fsp3) is 0.312. The van der Waals surface area contributed by atoms with Crippen molar-refractivity contribution in [1.82, 2.24) is 9.55 Å². The van der Waals surface area contributed by atoms with Crippen molar-refractivity contribution in [3.05, 3.63) is 41.3 Å². The maximum absolute atomic E-state index is 12.4. The van der Waals surface area contributed by atoms with E-state index in [0.29, 0.717) is 23.6 Å². The van der Waals surface area contributed by atoms with Crippen LogP contribution < -0.4 is 0 Å². The van der Waals surface area contributed by atoms with E-state index >= 15 is 0 Å². The average molecular weight is 282 g/mol. The van der Waals surface area contributed by atoms with E-state index in [1.54, 1.807) is 23.7 Å². The van der Waals surface area contributed by atoms with Crippen LogP contribution in [0.2, 0.25) is 0 Å². The summed E-state index contributed by atoms with van der Waals surface area (Å²) in [5.41, 5.74) is 2.15. The zero-order valence-electron chi connectivity index (χ0n) is 11.6. The number of fused-ring (bicyclic) bond motifs is 3. The summed E-state index contributed by atoms with van der Waals surface area (Å²) in [6.45, 7) is 0.714. The van der Waals surface area contributed by atoms with Crippen molar-refractivity contribution in [2.75, 3.05) is 6.61 Å². The van der Waals surface area contributed by atoms with Crippen molar-refractivity contribution in [2.45, 2.75) is 18.9 Å². The number of ketones is 2. The molecule has 0 amide bonds. The quantitative estimate of drug-likeness (QED) is 0.753. The number of imidazole rings is 1. The molecule has 1 aliphatic heterocycles. The van der Waals surface area contributed by atoms with Crippen molar-refractivity contribution >= 4 is 11.6 Å². The van der Waals surface area contributed by atoms with E-state index in [0.717, 1.165) is 24.2 Å². The van der Waals surface area contributed by atoms with Gasteiger partial charge in [-0.2, -0.15) is 0 Å². The largest absolute Gasteiger partial charge is 0.370 e. The predicted octanol–water partition coefficient (Wildman–Crippen LogP) is 2.32. The average Bonchev–Trinajstić information content (AvgIpc) is 3.12. The van der Waals surface area contributed by atoms with Gasteiger partial charge in [-0.3, -0.25) is 9.59 Å². The van der Waals surface area contributed by atoms with E-state index in [1.165, 1.54) is 0 Å². The molecule has 0 spiro atoms. The highest BCUT2D eigenvalue weighted by Crippen LogP contribution is 2.36. The van der Waals surface area contributed by atoms with Crippen LogP contribution in [0.5, 0.6) is 0 Å². The number of benzene rings is 1. The number of aromatic nitrogens is 2. The van der Waals surface area contributed by atoms with Gasteiger partial charge in [-0.15, -0.1) is 0 Å². The Hall–Kier alpha value is -2.27. The second-order valence-corrected chi connectivity index (χ2v) is 5.43. The Bertz CT molecular complexity index is 770. The van der Waals surface area contributed by atoms with Gasteiger partial charge in [0, 0.05) is 24.8 Å². The lowest BCUT2D eigenvalue weighted by atomic mass is 9.90. The molecular weight excluding hydrogens is 268 g/mol. The number of hydrogen-bond donors (Lipinski definition) is 0. The SMILES string of the molecule is Cn1c(C2CCCO2)nc2c1C(=O)C(=O)c1ccccc1-2. The Morgan fingerprint density at radius 3 is 2.67 bits per heavy atom. The van der Waals surface area contributed by atoms with E-state index in [1.807, 2.05) is 12.1 Å². The molecule has 21 heavy (non-hydrogen) atoms. The van der Waals surface area contributed by atoms with Crippen molar-refractivity contribution in [3.63, 3.8) is 0 Å². The Morgan fingerprint density at radius 1 is 1.19 bits per heavy atom. The summed E-state index contributed by atoms with van der Waals surface area (Å²) in [6, 6.07) is 7.13. The first-order valence-electron chi connectivity index (χ1n) is 7.05. The van der Waals surface area contributed by atoms with E-state index in [2.05, 4.69) is 4.98 Å². The molecule has 4 rings (SSSR count). The summed E-state index contributed by atoms with van der Waals surface area (Å²) in [6.07, 6.45) is 1.80. The van der Waals surface area contributed by atoms with Gasteiger partial charge in [0.25, 0.3) is 5.78 Å². The number of nitrogens with zero attached hydrogens (tertiary/aromatic N) is 2. The lowest BCUT2D eigenvalue weighted by Gasteiger charge is -2.14. The molecule has 1 fully saturated rings. The van der Waals surface area contributed by atoms with E-state index in [4.69, 9.17) is 4.74 Å². The Morgan fingerprint density at radius 2 is 1.95 bits per heavy atom. The number of Topliss-reactive ketones (excluding diaryl/α,β-unsaturated/α-hetero) is 2. The fourth-order valence-corrected chi connectivity index (χ4v) is 3.15. The van der Waals surface area contributed by atoms with Crippen LogP contribution in [0.4, 0.5) is 0 Å². The van der Waals surface area contributed by atoms with E-state index in [-0.39, 0.29) is 6.10 Å². The molecule has 106 valence electrons. The highest BCUT2D eigenvalue weighted by Gasteiger charge is 2.36. The molecule has 5 heteroatoms. The van der Waals surface area contributed by atoms with Crippen LogP contribution in [-0.2, 0) is 11.8 Å². The normalized spacial score (nSPS) is 20.5. The van der Waals surface area contributed by atoms with Crippen molar-refractivity contribution < 1.29 is 14.3 Å². The zero-order chi connectivity index (χ0) is 14.6. The molecule has 0 saturated carbocycles. The Labute approximate surface area is 121 Å². The van der Waals surface area contributed by atoms with Gasteiger partial charge in [0.05, 0.1) is 0 Å². The highest BCUT2D eigenvalue weighted by molar-refractivity contribution is 6.52. The maximum atomic E-state index is 12.4. The summed E-state index contributed by atoms with van der Waals surface area (Å²) in [5.74, 6) is -0.210. The van der Waals surface area contributed by atoms with Gasteiger partial charge in [0.1, 0.15) is 23.3 Å². The third-order valence-electron chi connectivity index (χ3n) is 4.20. The first-order chi connectivity index (χ1) is 10.2. The minimum absolute atomic E-state index is 0.0873. The molecule has 2 aromatic rings. The molecule has 1 aliphatic carbocycles. The van der Waals surface area contributed by atoms with Crippen LogP contribution in [-0.4, -0.2) is 27.7 Å². The van der Waals surface area contributed by atoms with Crippen LogP contribution in [0.15, 0.2) is 24.3 Å². The minimum atomic E-state index is -0.483. The smallest absolute Gasteiger partial charge is 0.252 e. The molecule has 2 heterocycles. The number of carbonyl (C=O) groups is 2. The van der Waals surface area contributed by atoms with Crippen LogP contribution in [0.25, 0.3) is 11.3 Å². The van der Waals surface area contributed by atoms with Crippen molar-refractivity contribution in [1.29, 1.82) is 0 Å². The van der Waals surface area contributed by atoms with Crippen LogP contribution >= 0.6 is 0 Å². The zero-order valence-corrected chi connectivity index (χ0v) is 11.6. The van der Waals surface area contributed by atoms with E-state index < -0.39 is 11.6 Å². The molecular formula is C16H14N2O3. The van der Waals surface area contributed by atoms with E-state index in [9.17, 15) is 9.59 Å². The lowest BCUT2D eigenvalue weighted by Crippen LogP contribution is -2.23. The number of ether oxygens (including phenoxy) is 1. The standard InChI is InChI=1S/C16H14N2O3/c1-18-13-12(17-16(18)11-7-4-8-21-11)9-5-2-3-6-10(9)14(19)15(13)20/h2-3,5-6,11H,4,7-8H2,1H3. The van der Waals surface area contributed by atoms with Crippen LogP contribution in [0.1, 0.15) is 45.6 Å². The molecule has 2 aliphatic rings. The topological polar surface area (TPSA) is 61.2 Å². The first kappa shape index (κ1) is 12.5. The molecule has 1 unspecified atom stereocenters. The van der Waals surface area contributed by atoms with Crippen LogP contribution in [0, 0.1) is 0 Å².